The number of hydrogen-bond donors (Lipinski definition) is 3. The second kappa shape index (κ2) is 11.6. The molecule has 3 N–H and O–H groups in total. The first-order valence-electron chi connectivity index (χ1n) is 11.9. The summed E-state index contributed by atoms with van der Waals surface area (Å²) in [5.74, 6) is 0.730. The Balaban J connectivity index is 1.43. The van der Waals surface area contributed by atoms with Gasteiger partial charge in [0.05, 0.1) is 19.3 Å². The van der Waals surface area contributed by atoms with Crippen molar-refractivity contribution in [3.8, 4) is 17.2 Å². The second-order valence-corrected chi connectivity index (χ2v) is 8.70. The molecule has 35 heavy (non-hydrogen) atoms. The van der Waals surface area contributed by atoms with Crippen molar-refractivity contribution >= 4 is 12.4 Å². The predicted octanol–water partition coefficient (Wildman–Crippen LogP) is 3.97. The maximum absolute atomic E-state index is 10.7. The summed E-state index contributed by atoms with van der Waals surface area (Å²) in [7, 11) is 0. The summed E-state index contributed by atoms with van der Waals surface area (Å²) < 4.78 is 0. The average molecular weight is 473 g/mol. The first-order chi connectivity index (χ1) is 17.0. The third-order valence-corrected chi connectivity index (χ3v) is 6.20. The van der Waals surface area contributed by atoms with Crippen LogP contribution >= 0.6 is 0 Å². The molecular weight excluding hydrogens is 440 g/mol. The Hall–Kier alpha value is -3.68. The molecule has 1 aliphatic rings. The quantitative estimate of drug-likeness (QED) is 0.410. The molecule has 0 aliphatic carbocycles. The Morgan fingerprint density at radius 2 is 1.26 bits per heavy atom. The van der Waals surface area contributed by atoms with Gasteiger partial charge in [-0.15, -0.1) is 0 Å². The highest BCUT2D eigenvalue weighted by Gasteiger charge is 2.34. The molecule has 3 aromatic rings. The SMILES string of the molecule is Cc1ccc(C2N(CC/N=C\c3ccccc3O)CCN2CC/N=C\c2ccccc2O)c(O)c1. The minimum absolute atomic E-state index is 0.0729. The van der Waals surface area contributed by atoms with Gasteiger partial charge in [-0.1, -0.05) is 36.4 Å². The summed E-state index contributed by atoms with van der Waals surface area (Å²) >= 11 is 0. The summed E-state index contributed by atoms with van der Waals surface area (Å²) in [4.78, 5) is 13.7. The lowest BCUT2D eigenvalue weighted by Gasteiger charge is -2.30. The van der Waals surface area contributed by atoms with E-state index < -0.39 is 0 Å². The molecule has 1 fully saturated rings. The number of benzene rings is 3. The Morgan fingerprint density at radius 1 is 0.743 bits per heavy atom. The molecule has 0 spiro atoms. The molecule has 0 atom stereocenters. The molecule has 1 saturated heterocycles. The zero-order valence-corrected chi connectivity index (χ0v) is 20.0. The number of hydrogen-bond acceptors (Lipinski definition) is 7. The fraction of sp³-hybridized carbons (Fsp3) is 0.286. The van der Waals surface area contributed by atoms with Gasteiger partial charge in [0.2, 0.25) is 0 Å². The number of aromatic hydroxyl groups is 3. The molecule has 0 bridgehead atoms. The normalized spacial score (nSPS) is 15.6. The first kappa shape index (κ1) is 24.4. The van der Waals surface area contributed by atoms with Crippen LogP contribution in [0, 0.1) is 6.92 Å². The number of rotatable bonds is 9. The third kappa shape index (κ3) is 6.26. The first-order valence-corrected chi connectivity index (χ1v) is 11.9. The minimum Gasteiger partial charge on any atom is -0.508 e. The van der Waals surface area contributed by atoms with Crippen molar-refractivity contribution in [1.29, 1.82) is 0 Å². The number of para-hydroxylation sites is 2. The highest BCUT2D eigenvalue weighted by atomic mass is 16.3. The van der Waals surface area contributed by atoms with Gasteiger partial charge in [0.15, 0.2) is 0 Å². The monoisotopic (exact) mass is 472 g/mol. The molecule has 0 unspecified atom stereocenters. The number of aliphatic imine (C=N–C) groups is 2. The second-order valence-electron chi connectivity index (χ2n) is 8.70. The average Bonchev–Trinajstić information content (AvgIpc) is 3.24. The molecule has 0 saturated carbocycles. The van der Waals surface area contributed by atoms with Crippen LogP contribution in [0.3, 0.4) is 0 Å². The van der Waals surface area contributed by atoms with Crippen molar-refractivity contribution in [3.05, 3.63) is 89.0 Å². The smallest absolute Gasteiger partial charge is 0.124 e. The van der Waals surface area contributed by atoms with Crippen molar-refractivity contribution in [2.45, 2.75) is 13.1 Å². The van der Waals surface area contributed by atoms with Crippen LogP contribution in [-0.4, -0.2) is 76.8 Å². The largest absolute Gasteiger partial charge is 0.508 e. The van der Waals surface area contributed by atoms with E-state index in [9.17, 15) is 15.3 Å². The van der Waals surface area contributed by atoms with Crippen LogP contribution in [-0.2, 0) is 0 Å². The summed E-state index contributed by atoms with van der Waals surface area (Å²) in [5, 5.41) is 30.6. The Bertz CT molecular complexity index is 1130. The van der Waals surface area contributed by atoms with Crippen molar-refractivity contribution in [3.63, 3.8) is 0 Å². The summed E-state index contributed by atoms with van der Waals surface area (Å²) in [6.07, 6.45) is 3.33. The fourth-order valence-electron chi connectivity index (χ4n) is 4.36. The predicted molar refractivity (Wildman–Crippen MR) is 140 cm³/mol. The molecule has 182 valence electrons. The molecule has 7 nitrogen and oxygen atoms in total. The van der Waals surface area contributed by atoms with Crippen LogP contribution in [0.15, 0.2) is 76.7 Å². The summed E-state index contributed by atoms with van der Waals surface area (Å²) in [6, 6.07) is 20.1. The zero-order valence-electron chi connectivity index (χ0n) is 20.0. The van der Waals surface area contributed by atoms with E-state index in [0.717, 1.165) is 37.3 Å². The van der Waals surface area contributed by atoms with Crippen LogP contribution in [0.1, 0.15) is 28.4 Å². The van der Waals surface area contributed by atoms with Gasteiger partial charge >= 0.3 is 0 Å². The topological polar surface area (TPSA) is 91.9 Å². The molecule has 7 heteroatoms. The van der Waals surface area contributed by atoms with Gasteiger partial charge in [0.1, 0.15) is 17.2 Å². The molecule has 4 rings (SSSR count). The summed E-state index contributed by atoms with van der Waals surface area (Å²) in [5.41, 5.74) is 3.29. The minimum atomic E-state index is -0.0729. The maximum atomic E-state index is 10.7. The summed E-state index contributed by atoms with van der Waals surface area (Å²) in [6.45, 7) is 6.28. The van der Waals surface area contributed by atoms with Gasteiger partial charge in [-0.2, -0.15) is 0 Å². The lowest BCUT2D eigenvalue weighted by molar-refractivity contribution is 0.140. The van der Waals surface area contributed by atoms with Crippen molar-refractivity contribution in [2.75, 3.05) is 39.3 Å². The van der Waals surface area contributed by atoms with E-state index in [2.05, 4.69) is 19.8 Å². The van der Waals surface area contributed by atoms with Crippen LogP contribution in [0.4, 0.5) is 0 Å². The molecule has 0 amide bonds. The van der Waals surface area contributed by atoms with Crippen LogP contribution < -0.4 is 0 Å². The Labute approximate surface area is 206 Å². The van der Waals surface area contributed by atoms with E-state index in [-0.39, 0.29) is 17.7 Å². The third-order valence-electron chi connectivity index (χ3n) is 6.20. The standard InChI is InChI=1S/C28H32N4O3/c1-21-10-11-24(27(35)18-21)28-31(14-12-29-19-22-6-2-4-8-25(22)33)16-17-32(28)15-13-30-20-23-7-3-5-9-26(23)34/h2-11,18-20,28,33-35H,12-17H2,1H3/b29-19-,30-20-. The molecule has 0 aromatic heterocycles. The van der Waals surface area contributed by atoms with E-state index in [1.54, 1.807) is 42.8 Å². The zero-order chi connectivity index (χ0) is 24.6. The van der Waals surface area contributed by atoms with Crippen LogP contribution in [0.25, 0.3) is 0 Å². The van der Waals surface area contributed by atoms with Gasteiger partial charge in [-0.3, -0.25) is 19.8 Å². The molecule has 3 aromatic carbocycles. The van der Waals surface area contributed by atoms with Gasteiger partial charge in [-0.25, -0.2) is 0 Å². The highest BCUT2D eigenvalue weighted by molar-refractivity contribution is 5.83. The molecule has 1 aliphatic heterocycles. The number of phenolic OH excluding ortho intramolecular Hbond substituents is 3. The van der Waals surface area contributed by atoms with Gasteiger partial charge in [0.25, 0.3) is 0 Å². The van der Waals surface area contributed by atoms with E-state index in [1.165, 1.54) is 0 Å². The van der Waals surface area contributed by atoms with Gasteiger partial charge in [0, 0.05) is 55.3 Å². The van der Waals surface area contributed by atoms with E-state index >= 15 is 0 Å². The van der Waals surface area contributed by atoms with E-state index in [0.29, 0.717) is 30.0 Å². The Kier molecular flexibility index (Phi) is 8.13. The molecule has 0 radical (unpaired) electrons. The maximum Gasteiger partial charge on any atom is 0.124 e. The Morgan fingerprint density at radius 3 is 1.74 bits per heavy atom. The van der Waals surface area contributed by atoms with Crippen molar-refractivity contribution in [2.24, 2.45) is 9.98 Å². The molecule has 1 heterocycles. The lowest BCUT2D eigenvalue weighted by atomic mass is 10.1. The number of nitrogens with zero attached hydrogens (tertiary/aromatic N) is 4. The van der Waals surface area contributed by atoms with E-state index in [4.69, 9.17) is 0 Å². The van der Waals surface area contributed by atoms with Crippen LogP contribution in [0.5, 0.6) is 17.2 Å². The van der Waals surface area contributed by atoms with Crippen molar-refractivity contribution < 1.29 is 15.3 Å². The number of aryl methyl sites for hydroxylation is 1. The highest BCUT2D eigenvalue weighted by Crippen LogP contribution is 2.35. The number of phenols is 3. The van der Waals surface area contributed by atoms with Crippen molar-refractivity contribution in [1.82, 2.24) is 9.80 Å². The lowest BCUT2D eigenvalue weighted by Crippen LogP contribution is -2.34. The van der Waals surface area contributed by atoms with Gasteiger partial charge < -0.3 is 15.3 Å². The van der Waals surface area contributed by atoms with Gasteiger partial charge in [-0.05, 0) is 42.8 Å². The molecular formula is C28H32N4O3. The van der Waals surface area contributed by atoms with E-state index in [1.807, 2.05) is 43.3 Å². The fourth-order valence-corrected chi connectivity index (χ4v) is 4.36. The van der Waals surface area contributed by atoms with Crippen LogP contribution in [0.2, 0.25) is 0 Å².